The Morgan fingerprint density at radius 3 is 2.77 bits per heavy atom. The highest BCUT2D eigenvalue weighted by atomic mass is 32.1. The van der Waals surface area contributed by atoms with Crippen LogP contribution >= 0.6 is 11.3 Å². The highest BCUT2D eigenvalue weighted by Gasteiger charge is 2.24. The number of carbonyl (C=O) groups is 1. The second-order valence-corrected chi connectivity index (χ2v) is 6.91. The van der Waals surface area contributed by atoms with Crippen molar-refractivity contribution in [3.05, 3.63) is 46.2 Å². The lowest BCUT2D eigenvalue weighted by Crippen LogP contribution is -2.51. The summed E-state index contributed by atoms with van der Waals surface area (Å²) in [7, 11) is 0. The highest BCUT2D eigenvalue weighted by molar-refractivity contribution is 7.12. The van der Waals surface area contributed by atoms with Crippen molar-refractivity contribution in [1.82, 2.24) is 10.6 Å². The van der Waals surface area contributed by atoms with E-state index < -0.39 is 0 Å². The van der Waals surface area contributed by atoms with E-state index in [9.17, 15) is 4.79 Å². The van der Waals surface area contributed by atoms with Crippen molar-refractivity contribution in [2.24, 2.45) is 0 Å². The fourth-order valence-electron chi connectivity index (χ4n) is 2.92. The normalized spacial score (nSPS) is 21.5. The molecule has 0 radical (unpaired) electrons. The van der Waals surface area contributed by atoms with Crippen molar-refractivity contribution in [2.45, 2.75) is 38.8 Å². The van der Waals surface area contributed by atoms with Crippen molar-refractivity contribution < 1.29 is 4.79 Å². The SMILES string of the molecule is Cc1ccc(-c2ccsc2C(=O)NC2CCCNC2C)cc1. The van der Waals surface area contributed by atoms with E-state index in [0.717, 1.165) is 35.4 Å². The predicted molar refractivity (Wildman–Crippen MR) is 92.4 cm³/mol. The van der Waals surface area contributed by atoms with Crippen LogP contribution in [-0.2, 0) is 0 Å². The summed E-state index contributed by atoms with van der Waals surface area (Å²) in [4.78, 5) is 13.5. The fraction of sp³-hybridized carbons (Fsp3) is 0.389. The number of hydrogen-bond acceptors (Lipinski definition) is 3. The molecule has 2 atom stereocenters. The topological polar surface area (TPSA) is 41.1 Å². The number of aryl methyl sites for hydroxylation is 1. The molecule has 0 aliphatic carbocycles. The minimum absolute atomic E-state index is 0.0473. The standard InChI is InChI=1S/C18H22N2OS/c1-12-5-7-14(8-6-12)15-9-11-22-17(15)18(21)20-16-4-3-10-19-13(16)2/h5-9,11,13,16,19H,3-4,10H2,1-2H3,(H,20,21). The summed E-state index contributed by atoms with van der Waals surface area (Å²) in [5.41, 5.74) is 3.36. The van der Waals surface area contributed by atoms with Crippen LogP contribution in [0.4, 0.5) is 0 Å². The molecule has 2 heterocycles. The fourth-order valence-corrected chi connectivity index (χ4v) is 3.74. The third kappa shape index (κ3) is 3.23. The van der Waals surface area contributed by atoms with Crippen molar-refractivity contribution in [2.75, 3.05) is 6.54 Å². The van der Waals surface area contributed by atoms with Crippen molar-refractivity contribution in [1.29, 1.82) is 0 Å². The average molecular weight is 314 g/mol. The molecule has 1 saturated heterocycles. The zero-order valence-corrected chi connectivity index (χ0v) is 13.9. The van der Waals surface area contributed by atoms with Gasteiger partial charge in [-0.2, -0.15) is 0 Å². The zero-order valence-electron chi connectivity index (χ0n) is 13.1. The van der Waals surface area contributed by atoms with E-state index in [1.54, 1.807) is 0 Å². The molecule has 0 saturated carbocycles. The van der Waals surface area contributed by atoms with Crippen LogP contribution in [0.5, 0.6) is 0 Å². The third-order valence-corrected chi connectivity index (χ3v) is 5.23. The molecule has 1 aromatic carbocycles. The van der Waals surface area contributed by atoms with Gasteiger partial charge in [-0.25, -0.2) is 0 Å². The Kier molecular flexibility index (Phi) is 4.60. The number of hydrogen-bond donors (Lipinski definition) is 2. The molecule has 22 heavy (non-hydrogen) atoms. The highest BCUT2D eigenvalue weighted by Crippen LogP contribution is 2.28. The number of benzene rings is 1. The molecule has 116 valence electrons. The maximum atomic E-state index is 12.7. The number of carbonyl (C=O) groups excluding carboxylic acids is 1. The second-order valence-electron chi connectivity index (χ2n) is 5.99. The summed E-state index contributed by atoms with van der Waals surface area (Å²) in [6.45, 7) is 5.25. The largest absolute Gasteiger partial charge is 0.347 e. The Labute approximate surface area is 135 Å². The van der Waals surface area contributed by atoms with Gasteiger partial charge >= 0.3 is 0 Å². The van der Waals surface area contributed by atoms with Crippen LogP contribution < -0.4 is 10.6 Å². The van der Waals surface area contributed by atoms with Crippen molar-refractivity contribution >= 4 is 17.2 Å². The molecule has 2 unspecified atom stereocenters. The first-order valence-electron chi connectivity index (χ1n) is 7.84. The van der Waals surface area contributed by atoms with Gasteiger partial charge in [-0.15, -0.1) is 11.3 Å². The van der Waals surface area contributed by atoms with Crippen LogP contribution in [0, 0.1) is 6.92 Å². The maximum absolute atomic E-state index is 12.7. The van der Waals surface area contributed by atoms with E-state index >= 15 is 0 Å². The number of piperidine rings is 1. The molecule has 1 amide bonds. The first kappa shape index (κ1) is 15.3. The molecule has 0 spiro atoms. The lowest BCUT2D eigenvalue weighted by molar-refractivity contribution is 0.0924. The molecule has 4 heteroatoms. The van der Waals surface area contributed by atoms with E-state index in [1.165, 1.54) is 16.9 Å². The van der Waals surface area contributed by atoms with Gasteiger partial charge in [0.1, 0.15) is 0 Å². The maximum Gasteiger partial charge on any atom is 0.262 e. The second kappa shape index (κ2) is 6.63. The Morgan fingerprint density at radius 1 is 1.27 bits per heavy atom. The average Bonchev–Trinajstić information content (AvgIpc) is 3.00. The van der Waals surface area contributed by atoms with Crippen LogP contribution in [0.1, 0.15) is 35.0 Å². The molecule has 1 aliphatic rings. The minimum atomic E-state index is 0.0473. The van der Waals surface area contributed by atoms with Crippen LogP contribution in [-0.4, -0.2) is 24.5 Å². The lowest BCUT2D eigenvalue weighted by atomic mass is 9.99. The van der Waals surface area contributed by atoms with Gasteiger partial charge in [-0.3, -0.25) is 4.79 Å². The van der Waals surface area contributed by atoms with E-state index in [-0.39, 0.29) is 11.9 Å². The third-order valence-electron chi connectivity index (χ3n) is 4.31. The number of rotatable bonds is 3. The molecule has 1 aromatic heterocycles. The number of thiophene rings is 1. The van der Waals surface area contributed by atoms with Gasteiger partial charge in [0.2, 0.25) is 0 Å². The Morgan fingerprint density at radius 2 is 2.05 bits per heavy atom. The quantitative estimate of drug-likeness (QED) is 0.909. The van der Waals surface area contributed by atoms with E-state index in [4.69, 9.17) is 0 Å². The Bertz CT molecular complexity index is 647. The summed E-state index contributed by atoms with van der Waals surface area (Å²) in [5, 5.41) is 8.62. The summed E-state index contributed by atoms with van der Waals surface area (Å²) in [5.74, 6) is 0.0473. The van der Waals surface area contributed by atoms with Gasteiger partial charge in [0.15, 0.2) is 0 Å². The minimum Gasteiger partial charge on any atom is -0.347 e. The van der Waals surface area contributed by atoms with Crippen LogP contribution in [0.2, 0.25) is 0 Å². The van der Waals surface area contributed by atoms with Gasteiger partial charge in [-0.1, -0.05) is 29.8 Å². The van der Waals surface area contributed by atoms with Gasteiger partial charge in [-0.05, 0) is 50.2 Å². The zero-order chi connectivity index (χ0) is 15.5. The predicted octanol–water partition coefficient (Wildman–Crippen LogP) is 3.59. The van der Waals surface area contributed by atoms with E-state index in [1.807, 2.05) is 11.4 Å². The van der Waals surface area contributed by atoms with Gasteiger partial charge in [0.05, 0.1) is 4.88 Å². The van der Waals surface area contributed by atoms with E-state index in [0.29, 0.717) is 6.04 Å². The molecular formula is C18H22N2OS. The number of amides is 1. The molecule has 3 rings (SSSR count). The van der Waals surface area contributed by atoms with Crippen LogP contribution in [0.15, 0.2) is 35.7 Å². The first-order valence-corrected chi connectivity index (χ1v) is 8.72. The smallest absolute Gasteiger partial charge is 0.262 e. The molecular weight excluding hydrogens is 292 g/mol. The molecule has 2 aromatic rings. The van der Waals surface area contributed by atoms with E-state index in [2.05, 4.69) is 48.7 Å². The van der Waals surface area contributed by atoms with Gasteiger partial charge in [0, 0.05) is 17.6 Å². The van der Waals surface area contributed by atoms with Crippen molar-refractivity contribution in [3.8, 4) is 11.1 Å². The Hall–Kier alpha value is -1.65. The van der Waals surface area contributed by atoms with Crippen LogP contribution in [0.25, 0.3) is 11.1 Å². The summed E-state index contributed by atoms with van der Waals surface area (Å²) in [6, 6.07) is 10.9. The first-order chi connectivity index (χ1) is 10.6. The molecule has 1 aliphatic heterocycles. The molecule has 1 fully saturated rings. The van der Waals surface area contributed by atoms with Crippen LogP contribution in [0.3, 0.4) is 0 Å². The monoisotopic (exact) mass is 314 g/mol. The number of nitrogens with one attached hydrogen (secondary N) is 2. The van der Waals surface area contributed by atoms with Gasteiger partial charge < -0.3 is 10.6 Å². The molecule has 3 nitrogen and oxygen atoms in total. The summed E-state index contributed by atoms with van der Waals surface area (Å²) < 4.78 is 0. The molecule has 2 N–H and O–H groups in total. The van der Waals surface area contributed by atoms with Gasteiger partial charge in [0.25, 0.3) is 5.91 Å². The molecule has 0 bridgehead atoms. The summed E-state index contributed by atoms with van der Waals surface area (Å²) >= 11 is 1.51. The summed E-state index contributed by atoms with van der Waals surface area (Å²) in [6.07, 6.45) is 2.16. The lowest BCUT2D eigenvalue weighted by Gasteiger charge is -2.30. The Balaban J connectivity index is 1.79. The van der Waals surface area contributed by atoms with Crippen molar-refractivity contribution in [3.63, 3.8) is 0 Å².